The molecule has 4 atom stereocenters. The van der Waals surface area contributed by atoms with Crippen molar-refractivity contribution in [2.75, 3.05) is 13.2 Å². The molecule has 0 N–H and O–H groups in total. The summed E-state index contributed by atoms with van der Waals surface area (Å²) in [4.78, 5) is 52.3. The standard InChI is InChI=1S/C34H36Cl6O8/c1-13-15(3)19(16(13)4)7-9-45-31(41)25-27(39)21(35)11-23(37)29(25)47-33(43)34(44)48-30-24(38)12-22(36)28(40)26(30)32(42)46-10-8-20-17(5)14(2)18(20)6/h11-20H,7-10H2,1-6H3. The van der Waals surface area contributed by atoms with Gasteiger partial charge in [0.25, 0.3) is 0 Å². The Bertz CT molecular complexity index is 1480. The largest absolute Gasteiger partial charge is 0.462 e. The molecule has 14 heteroatoms. The molecular formula is C34H36Cl6O8. The minimum atomic E-state index is -1.64. The van der Waals surface area contributed by atoms with Gasteiger partial charge in [-0.25, -0.2) is 19.2 Å². The van der Waals surface area contributed by atoms with Crippen molar-refractivity contribution in [2.45, 2.75) is 54.4 Å². The first-order chi connectivity index (χ1) is 22.5. The van der Waals surface area contributed by atoms with E-state index in [4.69, 9.17) is 88.6 Å². The van der Waals surface area contributed by atoms with Gasteiger partial charge >= 0.3 is 23.9 Å². The number of hydrogen-bond donors (Lipinski definition) is 0. The molecule has 0 heterocycles. The lowest BCUT2D eigenvalue weighted by Crippen LogP contribution is -2.42. The van der Waals surface area contributed by atoms with Crippen molar-refractivity contribution in [2.24, 2.45) is 47.3 Å². The fourth-order valence-electron chi connectivity index (χ4n) is 6.95. The van der Waals surface area contributed by atoms with E-state index < -0.39 is 46.5 Å². The summed E-state index contributed by atoms with van der Waals surface area (Å²) in [5.41, 5.74) is -0.917. The van der Waals surface area contributed by atoms with E-state index in [-0.39, 0.29) is 43.3 Å². The molecule has 2 saturated carbocycles. The SMILES string of the molecule is CC1C(C)C(CCOC(=O)c2c(Cl)c(Cl)cc(Cl)c2OC(=O)C(=O)Oc2c(Cl)cc(Cl)c(Cl)c2C(=O)OCCC2C(C)C(C)C2C)C1C. The summed E-state index contributed by atoms with van der Waals surface area (Å²) >= 11 is 37.5. The van der Waals surface area contributed by atoms with Crippen molar-refractivity contribution in [3.8, 4) is 11.5 Å². The fraction of sp³-hybridized carbons (Fsp3) is 0.529. The monoisotopic (exact) mass is 782 g/mol. The van der Waals surface area contributed by atoms with Crippen LogP contribution in [0, 0.1) is 47.3 Å². The summed E-state index contributed by atoms with van der Waals surface area (Å²) in [5.74, 6) is -2.62. The van der Waals surface area contributed by atoms with Gasteiger partial charge in [0.1, 0.15) is 11.1 Å². The van der Waals surface area contributed by atoms with Gasteiger partial charge < -0.3 is 18.9 Å². The Balaban J connectivity index is 1.49. The van der Waals surface area contributed by atoms with Crippen LogP contribution in [-0.4, -0.2) is 37.1 Å². The molecule has 0 aromatic heterocycles. The Morgan fingerprint density at radius 1 is 0.521 bits per heavy atom. The van der Waals surface area contributed by atoms with Gasteiger partial charge in [0.2, 0.25) is 0 Å². The summed E-state index contributed by atoms with van der Waals surface area (Å²) < 4.78 is 21.3. The zero-order chi connectivity index (χ0) is 35.8. The summed E-state index contributed by atoms with van der Waals surface area (Å²) in [6, 6.07) is 2.26. The van der Waals surface area contributed by atoms with Gasteiger partial charge in [0.05, 0.1) is 43.3 Å². The first-order valence-electron chi connectivity index (χ1n) is 15.6. The van der Waals surface area contributed by atoms with Gasteiger partial charge in [-0.15, -0.1) is 0 Å². The number of ether oxygens (including phenoxy) is 4. The molecule has 0 radical (unpaired) electrons. The molecule has 2 aliphatic carbocycles. The predicted molar refractivity (Wildman–Crippen MR) is 186 cm³/mol. The molecule has 48 heavy (non-hydrogen) atoms. The van der Waals surface area contributed by atoms with Crippen LogP contribution in [0.25, 0.3) is 0 Å². The zero-order valence-electron chi connectivity index (χ0n) is 27.1. The van der Waals surface area contributed by atoms with E-state index in [1.165, 1.54) is 0 Å². The lowest BCUT2D eigenvalue weighted by atomic mass is 9.58. The molecule has 2 aromatic carbocycles. The average Bonchev–Trinajstić information content (AvgIpc) is 3.05. The molecule has 0 saturated heterocycles. The molecule has 0 spiro atoms. The molecule has 262 valence electrons. The molecule has 0 aliphatic heterocycles. The van der Waals surface area contributed by atoms with Crippen LogP contribution in [0.5, 0.6) is 11.5 Å². The summed E-state index contributed by atoms with van der Waals surface area (Å²) in [5, 5.41) is -1.47. The normalized spacial score (nSPS) is 26.2. The van der Waals surface area contributed by atoms with Crippen LogP contribution in [0.3, 0.4) is 0 Å². The second-order valence-electron chi connectivity index (χ2n) is 12.8. The number of benzene rings is 2. The molecule has 2 fully saturated rings. The number of rotatable bonds is 10. The third-order valence-corrected chi connectivity index (χ3v) is 12.7. The molecule has 4 rings (SSSR count). The van der Waals surface area contributed by atoms with Gasteiger partial charge in [-0.1, -0.05) is 111 Å². The van der Waals surface area contributed by atoms with Crippen LogP contribution in [0.15, 0.2) is 12.1 Å². The van der Waals surface area contributed by atoms with Crippen molar-refractivity contribution in [3.05, 3.63) is 53.4 Å². The summed E-state index contributed by atoms with van der Waals surface area (Å²) in [6.45, 7) is 13.1. The van der Waals surface area contributed by atoms with Crippen LogP contribution in [-0.2, 0) is 19.1 Å². The second kappa shape index (κ2) is 15.9. The Hall–Kier alpha value is -1.94. The van der Waals surface area contributed by atoms with Crippen molar-refractivity contribution >= 4 is 93.5 Å². The fourth-order valence-corrected chi connectivity index (χ4v) is 8.38. The third-order valence-electron chi connectivity index (χ3n) is 10.6. The third kappa shape index (κ3) is 7.84. The Kier molecular flexibility index (Phi) is 12.9. The maximum Gasteiger partial charge on any atom is 0.423 e. The average molecular weight is 785 g/mol. The smallest absolute Gasteiger partial charge is 0.423 e. The zero-order valence-corrected chi connectivity index (χ0v) is 31.7. The highest BCUT2D eigenvalue weighted by atomic mass is 35.5. The molecule has 0 amide bonds. The molecule has 0 bridgehead atoms. The number of hydrogen-bond acceptors (Lipinski definition) is 8. The minimum absolute atomic E-state index is 0.0628. The van der Waals surface area contributed by atoms with Gasteiger partial charge in [0, 0.05) is 0 Å². The quantitative estimate of drug-likeness (QED) is 0.101. The highest BCUT2D eigenvalue weighted by Gasteiger charge is 2.42. The lowest BCUT2D eigenvalue weighted by Gasteiger charge is -2.48. The van der Waals surface area contributed by atoms with Crippen LogP contribution < -0.4 is 9.47 Å². The van der Waals surface area contributed by atoms with Crippen molar-refractivity contribution in [1.29, 1.82) is 0 Å². The van der Waals surface area contributed by atoms with Crippen molar-refractivity contribution in [1.82, 2.24) is 0 Å². The Morgan fingerprint density at radius 2 is 0.833 bits per heavy atom. The molecule has 2 aromatic rings. The van der Waals surface area contributed by atoms with E-state index >= 15 is 0 Å². The van der Waals surface area contributed by atoms with Crippen molar-refractivity contribution in [3.63, 3.8) is 0 Å². The van der Waals surface area contributed by atoms with E-state index in [0.29, 0.717) is 60.2 Å². The van der Waals surface area contributed by atoms with Gasteiger partial charge in [0.15, 0.2) is 11.5 Å². The van der Waals surface area contributed by atoms with E-state index in [2.05, 4.69) is 41.5 Å². The van der Waals surface area contributed by atoms with E-state index in [1.54, 1.807) is 0 Å². The highest BCUT2D eigenvalue weighted by molar-refractivity contribution is 6.47. The predicted octanol–water partition coefficient (Wildman–Crippen LogP) is 10.3. The number of esters is 4. The van der Waals surface area contributed by atoms with Gasteiger partial charge in [-0.2, -0.15) is 0 Å². The molecule has 8 nitrogen and oxygen atoms in total. The van der Waals surface area contributed by atoms with E-state index in [1.807, 2.05) is 0 Å². The Labute approximate surface area is 309 Å². The number of halogens is 6. The number of carbonyl (C=O) groups excluding carboxylic acids is 4. The van der Waals surface area contributed by atoms with Crippen LogP contribution in [0.4, 0.5) is 0 Å². The van der Waals surface area contributed by atoms with Crippen LogP contribution in [0.2, 0.25) is 30.1 Å². The van der Waals surface area contributed by atoms with E-state index in [0.717, 1.165) is 12.1 Å². The lowest BCUT2D eigenvalue weighted by molar-refractivity contribution is -0.156. The maximum atomic E-state index is 13.2. The number of carbonyl (C=O) groups is 4. The van der Waals surface area contributed by atoms with Crippen LogP contribution >= 0.6 is 69.6 Å². The molecule has 4 unspecified atom stereocenters. The second-order valence-corrected chi connectivity index (χ2v) is 15.2. The maximum absolute atomic E-state index is 13.2. The summed E-state index contributed by atoms with van der Waals surface area (Å²) in [6.07, 6.45) is 1.22. The molecular weight excluding hydrogens is 749 g/mol. The van der Waals surface area contributed by atoms with E-state index in [9.17, 15) is 19.2 Å². The molecule has 2 aliphatic rings. The summed E-state index contributed by atoms with van der Waals surface area (Å²) in [7, 11) is 0. The van der Waals surface area contributed by atoms with Crippen LogP contribution in [0.1, 0.15) is 75.1 Å². The first-order valence-corrected chi connectivity index (χ1v) is 17.9. The Morgan fingerprint density at radius 3 is 1.15 bits per heavy atom. The van der Waals surface area contributed by atoms with Crippen molar-refractivity contribution < 1.29 is 38.1 Å². The van der Waals surface area contributed by atoms with Gasteiger partial charge in [-0.05, 0) is 72.3 Å². The first kappa shape index (κ1) is 38.9. The highest BCUT2D eigenvalue weighted by Crippen LogP contribution is 2.48. The minimum Gasteiger partial charge on any atom is -0.462 e. The van der Waals surface area contributed by atoms with Gasteiger partial charge in [-0.3, -0.25) is 0 Å². The topological polar surface area (TPSA) is 105 Å².